The summed E-state index contributed by atoms with van der Waals surface area (Å²) >= 11 is 2.02. The van der Waals surface area contributed by atoms with E-state index in [9.17, 15) is 14.7 Å². The molecule has 19 heavy (non-hydrogen) atoms. The second-order valence-electron chi connectivity index (χ2n) is 4.34. The Morgan fingerprint density at radius 2 is 2.05 bits per heavy atom. The minimum Gasteiger partial charge on any atom is -0.507 e. The van der Waals surface area contributed by atoms with Crippen LogP contribution in [0.2, 0.25) is 0 Å². The fourth-order valence-corrected chi connectivity index (χ4v) is 2.08. The number of phenolic OH excluding ortho intramolecular Hbond substituents is 1. The maximum Gasteiger partial charge on any atom is 0.326 e. The first kappa shape index (κ1) is 15.7. The van der Waals surface area contributed by atoms with Crippen molar-refractivity contribution in [1.82, 2.24) is 5.32 Å². The Hall–Kier alpha value is -1.31. The lowest BCUT2D eigenvalue weighted by atomic mass is 9.99. The van der Waals surface area contributed by atoms with Crippen molar-refractivity contribution in [2.75, 3.05) is 0 Å². The number of aromatic hydroxyl groups is 1. The summed E-state index contributed by atoms with van der Waals surface area (Å²) in [7, 11) is 0. The fraction of sp³-hybridized carbons (Fsp3) is 0.385. The van der Waals surface area contributed by atoms with Crippen molar-refractivity contribution in [3.8, 4) is 5.75 Å². The molecule has 1 amide bonds. The van der Waals surface area contributed by atoms with Gasteiger partial charge in [0.05, 0.1) is 5.56 Å². The van der Waals surface area contributed by atoms with E-state index in [0.29, 0.717) is 6.42 Å². The summed E-state index contributed by atoms with van der Waals surface area (Å²) in [6.45, 7) is 3.61. The van der Waals surface area contributed by atoms with E-state index in [-0.39, 0.29) is 17.2 Å². The van der Waals surface area contributed by atoms with Crippen molar-refractivity contribution in [2.45, 2.75) is 26.3 Å². The summed E-state index contributed by atoms with van der Waals surface area (Å²) < 4.78 is 0.788. The molecule has 6 heteroatoms. The molecule has 0 aliphatic carbocycles. The average Bonchev–Trinajstić information content (AvgIpc) is 2.37. The van der Waals surface area contributed by atoms with Crippen LogP contribution in [0, 0.1) is 9.49 Å². The number of aliphatic carboxylic acids is 1. The highest BCUT2D eigenvalue weighted by Gasteiger charge is 2.26. The molecule has 0 aliphatic rings. The summed E-state index contributed by atoms with van der Waals surface area (Å²) in [5, 5.41) is 21.2. The quantitative estimate of drug-likeness (QED) is 0.687. The minimum absolute atomic E-state index is 0.0847. The first-order chi connectivity index (χ1) is 8.86. The first-order valence-corrected chi connectivity index (χ1v) is 6.96. The molecule has 2 atom stereocenters. The molecule has 0 aliphatic heterocycles. The van der Waals surface area contributed by atoms with E-state index in [1.54, 1.807) is 13.0 Å². The molecule has 5 nitrogen and oxygen atoms in total. The van der Waals surface area contributed by atoms with Crippen molar-refractivity contribution in [2.24, 2.45) is 5.92 Å². The van der Waals surface area contributed by atoms with Crippen molar-refractivity contribution in [3.63, 3.8) is 0 Å². The molecule has 0 spiro atoms. The van der Waals surface area contributed by atoms with Crippen LogP contribution in [0.4, 0.5) is 0 Å². The predicted octanol–water partition coefficient (Wildman–Crippen LogP) is 2.23. The molecule has 0 aromatic heterocycles. The molecule has 3 N–H and O–H groups in total. The Kier molecular flexibility index (Phi) is 5.59. The number of halogens is 1. The van der Waals surface area contributed by atoms with Gasteiger partial charge >= 0.3 is 5.97 Å². The summed E-state index contributed by atoms with van der Waals surface area (Å²) in [5.41, 5.74) is 0.0847. The molecular formula is C13H16INO4. The van der Waals surface area contributed by atoms with Crippen LogP contribution in [0.5, 0.6) is 5.75 Å². The zero-order chi connectivity index (χ0) is 14.6. The number of hydrogen-bond acceptors (Lipinski definition) is 3. The van der Waals surface area contributed by atoms with E-state index in [2.05, 4.69) is 5.32 Å². The standard InChI is InChI=1S/C13H16INO4/c1-3-7(2)11(13(18)19)15-12(17)9-6-8(14)4-5-10(9)16/h4-7,11,16H,3H2,1-2H3,(H,15,17)(H,18,19)/t7?,11-/m0/s1. The van der Waals surface area contributed by atoms with E-state index in [0.717, 1.165) is 3.57 Å². The van der Waals surface area contributed by atoms with Gasteiger partial charge in [0.15, 0.2) is 0 Å². The highest BCUT2D eigenvalue weighted by Crippen LogP contribution is 2.20. The van der Waals surface area contributed by atoms with E-state index >= 15 is 0 Å². The third kappa shape index (κ3) is 4.09. The van der Waals surface area contributed by atoms with Crippen LogP contribution >= 0.6 is 22.6 Å². The lowest BCUT2D eigenvalue weighted by Crippen LogP contribution is -2.45. The largest absolute Gasteiger partial charge is 0.507 e. The highest BCUT2D eigenvalue weighted by molar-refractivity contribution is 14.1. The van der Waals surface area contributed by atoms with Gasteiger partial charge in [0.1, 0.15) is 11.8 Å². The van der Waals surface area contributed by atoms with Gasteiger partial charge < -0.3 is 15.5 Å². The van der Waals surface area contributed by atoms with Crippen molar-refractivity contribution in [1.29, 1.82) is 0 Å². The van der Waals surface area contributed by atoms with Gasteiger partial charge in [0.25, 0.3) is 5.91 Å². The molecule has 104 valence electrons. The Bertz CT molecular complexity index is 490. The van der Waals surface area contributed by atoms with E-state index in [1.165, 1.54) is 12.1 Å². The molecule has 1 unspecified atom stereocenters. The third-order valence-electron chi connectivity index (χ3n) is 2.97. The Labute approximate surface area is 125 Å². The van der Waals surface area contributed by atoms with Gasteiger partial charge in [-0.25, -0.2) is 4.79 Å². The third-order valence-corrected chi connectivity index (χ3v) is 3.64. The highest BCUT2D eigenvalue weighted by atomic mass is 127. The number of amides is 1. The van der Waals surface area contributed by atoms with Crippen molar-refractivity contribution >= 4 is 34.5 Å². The topological polar surface area (TPSA) is 86.6 Å². The molecule has 1 aromatic rings. The van der Waals surface area contributed by atoms with Gasteiger partial charge in [-0.2, -0.15) is 0 Å². The molecule has 0 bridgehead atoms. The predicted molar refractivity (Wildman–Crippen MR) is 79.2 cm³/mol. The molecule has 1 rings (SSSR count). The minimum atomic E-state index is -1.08. The molecule has 0 radical (unpaired) electrons. The number of rotatable bonds is 5. The molecule has 0 heterocycles. The Morgan fingerprint density at radius 3 is 2.58 bits per heavy atom. The fourth-order valence-electron chi connectivity index (χ4n) is 1.59. The number of hydrogen-bond donors (Lipinski definition) is 3. The average molecular weight is 377 g/mol. The summed E-state index contributed by atoms with van der Waals surface area (Å²) in [5.74, 6) is -2.01. The van der Waals surface area contributed by atoms with Crippen LogP contribution in [-0.4, -0.2) is 28.1 Å². The van der Waals surface area contributed by atoms with Crippen LogP contribution in [0.15, 0.2) is 18.2 Å². The van der Waals surface area contributed by atoms with Crippen LogP contribution in [0.3, 0.4) is 0 Å². The number of phenols is 1. The van der Waals surface area contributed by atoms with Crippen molar-refractivity contribution in [3.05, 3.63) is 27.3 Å². The van der Waals surface area contributed by atoms with Crippen LogP contribution < -0.4 is 5.32 Å². The van der Waals surface area contributed by atoms with Crippen LogP contribution in [-0.2, 0) is 4.79 Å². The Balaban J connectivity index is 2.94. The van der Waals surface area contributed by atoms with Gasteiger partial charge in [-0.1, -0.05) is 20.3 Å². The van der Waals surface area contributed by atoms with Crippen LogP contribution in [0.25, 0.3) is 0 Å². The van der Waals surface area contributed by atoms with Crippen LogP contribution in [0.1, 0.15) is 30.6 Å². The lowest BCUT2D eigenvalue weighted by molar-refractivity contribution is -0.140. The normalized spacial score (nSPS) is 13.6. The zero-order valence-electron chi connectivity index (χ0n) is 10.7. The smallest absolute Gasteiger partial charge is 0.326 e. The maximum atomic E-state index is 12.0. The molecule has 1 aromatic carbocycles. The molecule has 0 saturated carbocycles. The van der Waals surface area contributed by atoms with E-state index in [4.69, 9.17) is 5.11 Å². The maximum absolute atomic E-state index is 12.0. The second kappa shape index (κ2) is 6.74. The van der Waals surface area contributed by atoms with Gasteiger partial charge in [0.2, 0.25) is 0 Å². The number of carboxylic acid groups (broad SMARTS) is 1. The van der Waals surface area contributed by atoms with Gasteiger partial charge in [-0.15, -0.1) is 0 Å². The zero-order valence-corrected chi connectivity index (χ0v) is 12.8. The summed E-state index contributed by atoms with van der Waals surface area (Å²) in [4.78, 5) is 23.2. The molecular weight excluding hydrogens is 361 g/mol. The SMILES string of the molecule is CCC(C)[C@H](NC(=O)c1cc(I)ccc1O)C(=O)O. The number of carbonyl (C=O) groups excluding carboxylic acids is 1. The van der Waals surface area contributed by atoms with E-state index in [1.807, 2.05) is 29.5 Å². The summed E-state index contributed by atoms with van der Waals surface area (Å²) in [6, 6.07) is 3.63. The monoisotopic (exact) mass is 377 g/mol. The molecule has 0 saturated heterocycles. The van der Waals surface area contributed by atoms with Gasteiger partial charge in [0, 0.05) is 3.57 Å². The number of nitrogens with one attached hydrogen (secondary N) is 1. The van der Waals surface area contributed by atoms with Gasteiger partial charge in [-0.05, 0) is 46.7 Å². The van der Waals surface area contributed by atoms with Crippen molar-refractivity contribution < 1.29 is 19.8 Å². The van der Waals surface area contributed by atoms with E-state index < -0.39 is 17.9 Å². The number of benzene rings is 1. The lowest BCUT2D eigenvalue weighted by Gasteiger charge is -2.20. The van der Waals surface area contributed by atoms with Gasteiger partial charge in [-0.3, -0.25) is 4.79 Å². The molecule has 0 fully saturated rings. The number of carbonyl (C=O) groups is 2. The first-order valence-electron chi connectivity index (χ1n) is 5.89. The second-order valence-corrected chi connectivity index (χ2v) is 5.58. The Morgan fingerprint density at radius 1 is 1.42 bits per heavy atom. The number of carboxylic acids is 1. The summed E-state index contributed by atoms with van der Waals surface area (Å²) in [6.07, 6.45) is 0.634.